The van der Waals surface area contributed by atoms with Gasteiger partial charge in [-0.05, 0) is 64.3 Å². The number of benzene rings is 2. The van der Waals surface area contributed by atoms with Gasteiger partial charge in [0, 0.05) is 19.8 Å². The zero-order valence-electron chi connectivity index (χ0n) is 21.1. The second kappa shape index (κ2) is 7.90. The first-order chi connectivity index (χ1) is 14.6. The van der Waals surface area contributed by atoms with Crippen molar-refractivity contribution in [3.05, 3.63) is 88.5 Å². The molecule has 0 fully saturated rings. The van der Waals surface area contributed by atoms with Crippen LogP contribution in [0, 0.1) is 17.8 Å². The smallest absolute Gasteiger partial charge is 0.133 e. The molecule has 172 valence electrons. The summed E-state index contributed by atoms with van der Waals surface area (Å²) in [5.74, 6) is 0. The van der Waals surface area contributed by atoms with E-state index in [4.69, 9.17) is 0 Å². The minimum atomic E-state index is -1.31. The fourth-order valence-electron chi connectivity index (χ4n) is 4.65. The largest absolute Gasteiger partial charge is 0.378 e. The van der Waals surface area contributed by atoms with Gasteiger partial charge in [-0.1, -0.05) is 83.5 Å². The van der Waals surface area contributed by atoms with E-state index in [1.165, 1.54) is 0 Å². The molecule has 2 aromatic carbocycles. The highest BCUT2D eigenvalue weighted by atomic mass is 16.3. The monoisotopic (exact) mass is 433 g/mol. The summed E-state index contributed by atoms with van der Waals surface area (Å²) in [6.45, 7) is 14.6. The summed E-state index contributed by atoms with van der Waals surface area (Å²) < 4.78 is 0. The number of hydrogen-bond acceptors (Lipinski definition) is 3. The summed E-state index contributed by atoms with van der Waals surface area (Å²) in [6, 6.07) is 16.1. The zero-order chi connectivity index (χ0) is 24.1. The minimum Gasteiger partial charge on any atom is -0.378 e. The lowest BCUT2D eigenvalue weighted by atomic mass is 9.59. The Kier molecular flexibility index (Phi) is 5.99. The molecule has 0 spiro atoms. The molecule has 0 bridgehead atoms. The molecule has 3 nitrogen and oxygen atoms in total. The van der Waals surface area contributed by atoms with E-state index < -0.39 is 11.2 Å². The summed E-state index contributed by atoms with van der Waals surface area (Å²) in [5.41, 5.74) is 2.09. The highest BCUT2D eigenvalue weighted by Crippen LogP contribution is 2.55. The summed E-state index contributed by atoms with van der Waals surface area (Å²) >= 11 is 0. The van der Waals surface area contributed by atoms with Crippen molar-refractivity contribution in [3.8, 4) is 0 Å². The Morgan fingerprint density at radius 2 is 1.06 bits per heavy atom. The fraction of sp³-hybridized carbons (Fsp3) is 0.448. The van der Waals surface area contributed by atoms with Crippen molar-refractivity contribution in [1.82, 2.24) is 0 Å². The first-order valence-electron chi connectivity index (χ1n) is 11.4. The van der Waals surface area contributed by atoms with Gasteiger partial charge >= 0.3 is 0 Å². The van der Waals surface area contributed by atoms with E-state index in [1.807, 2.05) is 86.6 Å². The molecule has 0 aliphatic heterocycles. The van der Waals surface area contributed by atoms with Gasteiger partial charge in [0.1, 0.15) is 11.2 Å². The van der Waals surface area contributed by atoms with Crippen molar-refractivity contribution in [2.45, 2.75) is 59.7 Å². The Labute approximate surface area is 194 Å². The van der Waals surface area contributed by atoms with Gasteiger partial charge in [-0.3, -0.25) is 0 Å². The number of aryl methyl sites for hydroxylation is 1. The van der Waals surface area contributed by atoms with Crippen molar-refractivity contribution in [1.29, 1.82) is 0 Å². The molecule has 2 aromatic rings. The molecule has 3 heteroatoms. The molecule has 1 aliphatic rings. The molecule has 0 aromatic heterocycles. The zero-order valence-corrected chi connectivity index (χ0v) is 21.1. The third-order valence-corrected chi connectivity index (χ3v) is 6.44. The molecule has 0 radical (unpaired) electrons. The summed E-state index contributed by atoms with van der Waals surface area (Å²) in [7, 11) is 4.00. The number of aliphatic hydroxyl groups is 2. The number of rotatable bonds is 3. The second-order valence-corrected chi connectivity index (χ2v) is 11.5. The van der Waals surface area contributed by atoms with Gasteiger partial charge in [0.2, 0.25) is 0 Å². The van der Waals surface area contributed by atoms with E-state index in [0.717, 1.165) is 33.5 Å². The van der Waals surface area contributed by atoms with E-state index in [2.05, 4.69) is 41.5 Å². The fourth-order valence-corrected chi connectivity index (χ4v) is 4.65. The number of nitrogens with zero attached hydrogens (tertiary/aromatic N) is 1. The Hall–Kier alpha value is -2.36. The summed E-state index contributed by atoms with van der Waals surface area (Å²) in [5, 5.41) is 24.5. The van der Waals surface area contributed by atoms with E-state index in [1.54, 1.807) is 0 Å². The first-order valence-corrected chi connectivity index (χ1v) is 11.4. The van der Waals surface area contributed by atoms with E-state index >= 15 is 0 Å². The molecular weight excluding hydrogens is 394 g/mol. The second-order valence-electron chi connectivity index (χ2n) is 11.5. The average Bonchev–Trinajstić information content (AvgIpc) is 2.68. The maximum atomic E-state index is 12.5. The van der Waals surface area contributed by atoms with Crippen LogP contribution in [0.1, 0.15) is 58.2 Å². The Morgan fingerprint density at radius 3 is 1.44 bits per heavy atom. The van der Waals surface area contributed by atoms with Gasteiger partial charge in [-0.15, -0.1) is 0 Å². The van der Waals surface area contributed by atoms with Crippen LogP contribution in [-0.4, -0.2) is 24.3 Å². The SMILES string of the molecule is Cc1ccc(C2(O)C(C(C)(C)C)=CC(O)(c3ccc(N(C)C)cc3)C=C2C(C)(C)C)cc1. The van der Waals surface area contributed by atoms with Gasteiger partial charge in [-0.2, -0.15) is 0 Å². The van der Waals surface area contributed by atoms with Crippen LogP contribution in [0.4, 0.5) is 5.69 Å². The van der Waals surface area contributed by atoms with Crippen molar-refractivity contribution in [2.24, 2.45) is 10.8 Å². The molecule has 0 amide bonds. The molecule has 3 rings (SSSR count). The normalized spacial score (nSPS) is 24.1. The van der Waals surface area contributed by atoms with Crippen molar-refractivity contribution in [2.75, 3.05) is 19.0 Å². The average molecular weight is 434 g/mol. The van der Waals surface area contributed by atoms with Crippen LogP contribution in [0.2, 0.25) is 0 Å². The predicted octanol–water partition coefficient (Wildman–Crippen LogP) is 6.10. The van der Waals surface area contributed by atoms with Gasteiger partial charge in [0.05, 0.1) is 0 Å². The molecule has 0 saturated carbocycles. The van der Waals surface area contributed by atoms with Crippen molar-refractivity contribution < 1.29 is 10.2 Å². The van der Waals surface area contributed by atoms with Crippen LogP contribution in [0.25, 0.3) is 0 Å². The molecule has 0 saturated heterocycles. The molecule has 2 N–H and O–H groups in total. The van der Waals surface area contributed by atoms with Gasteiger partial charge in [0.15, 0.2) is 0 Å². The van der Waals surface area contributed by atoms with Crippen LogP contribution < -0.4 is 4.90 Å². The lowest BCUT2D eigenvalue weighted by Gasteiger charge is -2.49. The molecule has 32 heavy (non-hydrogen) atoms. The van der Waals surface area contributed by atoms with Crippen LogP contribution in [0.3, 0.4) is 0 Å². The first kappa shape index (κ1) is 24.3. The van der Waals surface area contributed by atoms with Crippen molar-refractivity contribution in [3.63, 3.8) is 0 Å². The summed E-state index contributed by atoms with van der Waals surface area (Å²) in [6.07, 6.45) is 3.74. The van der Waals surface area contributed by atoms with E-state index in [9.17, 15) is 10.2 Å². The quantitative estimate of drug-likeness (QED) is 0.575. The van der Waals surface area contributed by atoms with Crippen LogP contribution in [0.5, 0.6) is 0 Å². The number of anilines is 1. The predicted molar refractivity (Wildman–Crippen MR) is 135 cm³/mol. The van der Waals surface area contributed by atoms with E-state index in [-0.39, 0.29) is 10.8 Å². The molecule has 0 unspecified atom stereocenters. The Bertz CT molecular complexity index is 995. The Balaban J connectivity index is 2.32. The lowest BCUT2D eigenvalue weighted by Crippen LogP contribution is -2.46. The molecule has 0 heterocycles. The molecular formula is C29H39NO2. The highest BCUT2D eigenvalue weighted by molar-refractivity contribution is 5.56. The van der Waals surface area contributed by atoms with Gasteiger partial charge in [-0.25, -0.2) is 0 Å². The van der Waals surface area contributed by atoms with Crippen molar-refractivity contribution >= 4 is 5.69 Å². The molecule has 1 aliphatic carbocycles. The lowest BCUT2D eigenvalue weighted by molar-refractivity contribution is 0.0497. The third kappa shape index (κ3) is 4.29. The van der Waals surface area contributed by atoms with E-state index in [0.29, 0.717) is 0 Å². The maximum Gasteiger partial charge on any atom is 0.133 e. The summed E-state index contributed by atoms with van der Waals surface area (Å²) in [4.78, 5) is 2.04. The van der Waals surface area contributed by atoms with Gasteiger partial charge in [0.25, 0.3) is 0 Å². The number of hydrogen-bond donors (Lipinski definition) is 2. The topological polar surface area (TPSA) is 43.7 Å². The maximum absolute atomic E-state index is 12.5. The molecule has 0 atom stereocenters. The standard InChI is InChI=1S/C29H39NO2/c1-20-10-12-22(13-11-20)29(32)24(26(2,3)4)18-28(31,19-25(29)27(5,6)7)21-14-16-23(17-15-21)30(8)9/h10-19,31-32H,1-9H3. The van der Waals surface area contributed by atoms with Crippen LogP contribution in [0.15, 0.2) is 71.8 Å². The van der Waals surface area contributed by atoms with Crippen LogP contribution in [-0.2, 0) is 11.2 Å². The van der Waals surface area contributed by atoms with Crippen LogP contribution >= 0.6 is 0 Å². The Morgan fingerprint density at radius 1 is 0.656 bits per heavy atom. The van der Waals surface area contributed by atoms with Gasteiger partial charge < -0.3 is 15.1 Å². The highest BCUT2D eigenvalue weighted by Gasteiger charge is 2.51. The third-order valence-electron chi connectivity index (χ3n) is 6.44. The minimum absolute atomic E-state index is 0.373.